The molecule has 1 aromatic carbocycles. The molecule has 5 heteroatoms. The van der Waals surface area contributed by atoms with Gasteiger partial charge in [-0.3, -0.25) is 4.68 Å². The minimum absolute atomic E-state index is 0.432. The summed E-state index contributed by atoms with van der Waals surface area (Å²) in [6.45, 7) is 0. The van der Waals surface area contributed by atoms with Crippen molar-refractivity contribution in [2.45, 2.75) is 0 Å². The van der Waals surface area contributed by atoms with Crippen LogP contribution in [0, 0.1) is 11.3 Å². The van der Waals surface area contributed by atoms with Crippen LogP contribution in [0.4, 0.5) is 0 Å². The molecule has 0 aliphatic heterocycles. The lowest BCUT2D eigenvalue weighted by Crippen LogP contribution is -1.93. The quantitative estimate of drug-likeness (QED) is 0.646. The number of aromatic nitrogens is 4. The van der Waals surface area contributed by atoms with Crippen LogP contribution in [-0.4, -0.2) is 19.7 Å². The van der Waals surface area contributed by atoms with Crippen molar-refractivity contribution < 1.29 is 0 Å². The van der Waals surface area contributed by atoms with Gasteiger partial charge in [-0.15, -0.1) is 0 Å². The molecule has 3 rings (SSSR count). The number of nitriles is 1. The van der Waals surface area contributed by atoms with Crippen LogP contribution in [0.3, 0.4) is 0 Å². The summed E-state index contributed by atoms with van der Waals surface area (Å²) in [6.07, 6.45) is 2.94. The summed E-state index contributed by atoms with van der Waals surface area (Å²) in [5, 5.41) is 14.5. The van der Waals surface area contributed by atoms with E-state index in [0.717, 1.165) is 10.9 Å². The first kappa shape index (κ1) is 10.4. The van der Waals surface area contributed by atoms with Crippen LogP contribution >= 0.6 is 0 Å². The first-order valence-electron chi connectivity index (χ1n) is 5.43. The van der Waals surface area contributed by atoms with E-state index in [4.69, 9.17) is 5.26 Å². The van der Waals surface area contributed by atoms with E-state index >= 15 is 0 Å². The maximum atomic E-state index is 9.09. The molecule has 86 valence electrons. The van der Waals surface area contributed by atoms with Crippen molar-refractivity contribution in [3.8, 4) is 17.5 Å². The molecule has 0 atom stereocenters. The van der Waals surface area contributed by atoms with Crippen molar-refractivity contribution in [1.29, 1.82) is 5.26 Å². The Bertz CT molecular complexity index is 766. The second-order valence-corrected chi connectivity index (χ2v) is 3.89. The summed E-state index contributed by atoms with van der Waals surface area (Å²) in [6, 6.07) is 9.95. The normalized spacial score (nSPS) is 10.4. The first-order valence-corrected chi connectivity index (χ1v) is 5.43. The van der Waals surface area contributed by atoms with Crippen molar-refractivity contribution in [1.82, 2.24) is 19.7 Å². The third kappa shape index (κ3) is 1.44. The van der Waals surface area contributed by atoms with Gasteiger partial charge in [-0.2, -0.15) is 10.4 Å². The molecule has 0 radical (unpaired) electrons. The monoisotopic (exact) mass is 235 g/mol. The largest absolute Gasteiger partial charge is 0.267 e. The van der Waals surface area contributed by atoms with E-state index in [1.165, 1.54) is 12.5 Å². The third-order valence-electron chi connectivity index (χ3n) is 2.81. The van der Waals surface area contributed by atoms with Crippen LogP contribution in [0.2, 0.25) is 0 Å². The van der Waals surface area contributed by atoms with E-state index in [9.17, 15) is 0 Å². The molecule has 0 aliphatic rings. The predicted octanol–water partition coefficient (Wildman–Crippen LogP) is 1.90. The van der Waals surface area contributed by atoms with Gasteiger partial charge in [0.25, 0.3) is 0 Å². The summed E-state index contributed by atoms with van der Waals surface area (Å²) >= 11 is 0. The number of aryl methyl sites for hydroxylation is 1. The van der Waals surface area contributed by atoms with Crippen LogP contribution < -0.4 is 0 Å². The molecule has 3 aromatic rings. The topological polar surface area (TPSA) is 67.4 Å². The molecular formula is C13H9N5. The molecule has 2 heterocycles. The minimum Gasteiger partial charge on any atom is -0.267 e. The zero-order valence-corrected chi connectivity index (χ0v) is 9.70. The lowest BCUT2D eigenvalue weighted by molar-refractivity contribution is 0.799. The van der Waals surface area contributed by atoms with Gasteiger partial charge in [-0.05, 0) is 6.07 Å². The first-order chi connectivity index (χ1) is 8.81. The van der Waals surface area contributed by atoms with Crippen LogP contribution in [-0.2, 0) is 7.05 Å². The van der Waals surface area contributed by atoms with E-state index in [-0.39, 0.29) is 0 Å². The molecule has 2 aromatic heterocycles. The Morgan fingerprint density at radius 2 is 2.06 bits per heavy atom. The second-order valence-electron chi connectivity index (χ2n) is 3.89. The van der Waals surface area contributed by atoms with Crippen LogP contribution in [0.5, 0.6) is 0 Å². The maximum absolute atomic E-state index is 9.09. The van der Waals surface area contributed by atoms with Gasteiger partial charge >= 0.3 is 0 Å². The van der Waals surface area contributed by atoms with Crippen LogP contribution in [0.15, 0.2) is 36.8 Å². The fraction of sp³-hybridized carbons (Fsp3) is 0.0769. The van der Waals surface area contributed by atoms with Gasteiger partial charge in [0.2, 0.25) is 0 Å². The fourth-order valence-corrected chi connectivity index (χ4v) is 1.99. The molecule has 0 bridgehead atoms. The number of benzene rings is 1. The van der Waals surface area contributed by atoms with Gasteiger partial charge in [-0.1, -0.05) is 18.2 Å². The van der Waals surface area contributed by atoms with Crippen molar-refractivity contribution in [3.05, 3.63) is 42.4 Å². The third-order valence-corrected chi connectivity index (χ3v) is 2.81. The molecule has 18 heavy (non-hydrogen) atoms. The molecule has 0 saturated carbocycles. The highest BCUT2D eigenvalue weighted by molar-refractivity contribution is 5.93. The summed E-state index contributed by atoms with van der Waals surface area (Å²) in [5.41, 5.74) is 2.73. The Kier molecular flexibility index (Phi) is 2.27. The van der Waals surface area contributed by atoms with E-state index in [1.807, 2.05) is 31.3 Å². The van der Waals surface area contributed by atoms with E-state index < -0.39 is 0 Å². The Labute approximate surface area is 103 Å². The molecule has 5 nitrogen and oxygen atoms in total. The van der Waals surface area contributed by atoms with E-state index in [0.29, 0.717) is 17.0 Å². The highest BCUT2D eigenvalue weighted by Crippen LogP contribution is 2.27. The standard InChI is InChI=1S/C13H9N5/c1-18-11-5-3-2-4-10(11)13(17-18)12-9(6-14)7-15-8-16-12/h2-5,7-8H,1H3. The lowest BCUT2D eigenvalue weighted by atomic mass is 10.1. The number of fused-ring (bicyclic) bond motifs is 1. The molecule has 0 unspecified atom stereocenters. The Balaban J connectivity index is 2.36. The van der Waals surface area contributed by atoms with Crippen molar-refractivity contribution in [2.75, 3.05) is 0 Å². The predicted molar refractivity (Wildman–Crippen MR) is 66.5 cm³/mol. The zero-order valence-electron chi connectivity index (χ0n) is 9.70. The second kappa shape index (κ2) is 3.93. The highest BCUT2D eigenvalue weighted by Gasteiger charge is 2.14. The molecule has 0 spiro atoms. The molecule has 0 saturated heterocycles. The average molecular weight is 235 g/mol. The summed E-state index contributed by atoms with van der Waals surface area (Å²) in [5.74, 6) is 0. The molecule has 0 aliphatic carbocycles. The number of para-hydroxylation sites is 1. The molecule has 0 fully saturated rings. The highest BCUT2D eigenvalue weighted by atomic mass is 15.3. The average Bonchev–Trinajstić information content (AvgIpc) is 2.77. The Hall–Kier alpha value is -2.74. The molecular weight excluding hydrogens is 226 g/mol. The van der Waals surface area contributed by atoms with Gasteiger partial charge in [0.15, 0.2) is 0 Å². The number of nitrogens with zero attached hydrogens (tertiary/aromatic N) is 5. The van der Waals surface area contributed by atoms with Gasteiger partial charge in [-0.25, -0.2) is 9.97 Å². The minimum atomic E-state index is 0.432. The number of hydrogen-bond acceptors (Lipinski definition) is 4. The van der Waals surface area contributed by atoms with Gasteiger partial charge < -0.3 is 0 Å². The number of hydrogen-bond donors (Lipinski definition) is 0. The van der Waals surface area contributed by atoms with Gasteiger partial charge in [0.1, 0.15) is 23.8 Å². The lowest BCUT2D eigenvalue weighted by Gasteiger charge is -1.98. The van der Waals surface area contributed by atoms with E-state index in [1.54, 1.807) is 4.68 Å². The van der Waals surface area contributed by atoms with Crippen molar-refractivity contribution >= 4 is 10.9 Å². The van der Waals surface area contributed by atoms with Gasteiger partial charge in [0, 0.05) is 18.6 Å². The van der Waals surface area contributed by atoms with Gasteiger partial charge in [0.05, 0.1) is 11.1 Å². The summed E-state index contributed by atoms with van der Waals surface area (Å²) in [4.78, 5) is 8.03. The molecule has 0 N–H and O–H groups in total. The summed E-state index contributed by atoms with van der Waals surface area (Å²) in [7, 11) is 1.87. The van der Waals surface area contributed by atoms with Crippen molar-refractivity contribution in [3.63, 3.8) is 0 Å². The maximum Gasteiger partial charge on any atom is 0.120 e. The van der Waals surface area contributed by atoms with Crippen LogP contribution in [0.25, 0.3) is 22.3 Å². The molecule has 0 amide bonds. The van der Waals surface area contributed by atoms with Crippen molar-refractivity contribution in [2.24, 2.45) is 7.05 Å². The smallest absolute Gasteiger partial charge is 0.120 e. The van der Waals surface area contributed by atoms with E-state index in [2.05, 4.69) is 21.1 Å². The van der Waals surface area contributed by atoms with Crippen LogP contribution in [0.1, 0.15) is 5.56 Å². The zero-order chi connectivity index (χ0) is 12.5. The number of rotatable bonds is 1. The SMILES string of the molecule is Cn1nc(-c2ncncc2C#N)c2ccccc21. The fourth-order valence-electron chi connectivity index (χ4n) is 1.99. The Morgan fingerprint density at radius 3 is 2.89 bits per heavy atom. The summed E-state index contributed by atoms with van der Waals surface area (Å²) < 4.78 is 1.79. The Morgan fingerprint density at radius 1 is 1.22 bits per heavy atom.